The highest BCUT2D eigenvalue weighted by Gasteiger charge is 2.47. The standard InChI is InChI=1S/C21H38N4O2/c1-4-24(5-2)19(26)12-11-17-15-22-21(27)20-18(23(17)3)13-14-25(20)16-9-7-6-8-10-16/h16-18,20H,4-15H2,1-3H3,(H,22,27). The summed E-state index contributed by atoms with van der Waals surface area (Å²) in [4.78, 5) is 32.1. The Bertz CT molecular complexity index is 516. The van der Waals surface area contributed by atoms with Crippen molar-refractivity contribution in [1.82, 2.24) is 20.0 Å². The first-order valence-electron chi connectivity index (χ1n) is 11.1. The Hall–Kier alpha value is -1.14. The van der Waals surface area contributed by atoms with Crippen LogP contribution in [0.4, 0.5) is 0 Å². The fraction of sp³-hybridized carbons (Fsp3) is 0.905. The Kier molecular flexibility index (Phi) is 7.15. The summed E-state index contributed by atoms with van der Waals surface area (Å²) in [5.41, 5.74) is 0. The van der Waals surface area contributed by atoms with E-state index >= 15 is 0 Å². The lowest BCUT2D eigenvalue weighted by Crippen LogP contribution is -2.53. The van der Waals surface area contributed by atoms with Gasteiger partial charge in [-0.15, -0.1) is 0 Å². The molecule has 1 aliphatic carbocycles. The van der Waals surface area contributed by atoms with Gasteiger partial charge in [-0.05, 0) is 46.6 Å². The average molecular weight is 379 g/mol. The fourth-order valence-corrected chi connectivity index (χ4v) is 5.44. The van der Waals surface area contributed by atoms with Crippen molar-refractivity contribution < 1.29 is 9.59 Å². The second kappa shape index (κ2) is 9.37. The molecule has 0 aromatic rings. The summed E-state index contributed by atoms with van der Waals surface area (Å²) in [6.07, 6.45) is 8.86. The maximum absolute atomic E-state index is 12.9. The summed E-state index contributed by atoms with van der Waals surface area (Å²) >= 11 is 0. The van der Waals surface area contributed by atoms with Gasteiger partial charge in [-0.1, -0.05) is 19.3 Å². The van der Waals surface area contributed by atoms with E-state index in [9.17, 15) is 9.59 Å². The van der Waals surface area contributed by atoms with Crippen LogP contribution >= 0.6 is 0 Å². The van der Waals surface area contributed by atoms with Crippen LogP contribution in [0.2, 0.25) is 0 Å². The van der Waals surface area contributed by atoms with Crippen LogP contribution in [0.3, 0.4) is 0 Å². The quantitative estimate of drug-likeness (QED) is 0.766. The molecular formula is C21H38N4O2. The van der Waals surface area contributed by atoms with Crippen LogP contribution in [0.15, 0.2) is 0 Å². The van der Waals surface area contributed by atoms with Gasteiger partial charge in [-0.25, -0.2) is 0 Å². The predicted molar refractivity (Wildman–Crippen MR) is 107 cm³/mol. The molecule has 1 N–H and O–H groups in total. The summed E-state index contributed by atoms with van der Waals surface area (Å²) in [6.45, 7) is 7.29. The van der Waals surface area contributed by atoms with Crippen molar-refractivity contribution in [2.24, 2.45) is 0 Å². The summed E-state index contributed by atoms with van der Waals surface area (Å²) in [7, 11) is 2.16. The number of amides is 2. The van der Waals surface area contributed by atoms with Crippen LogP contribution < -0.4 is 5.32 Å². The minimum atomic E-state index is -0.0124. The van der Waals surface area contributed by atoms with Gasteiger partial charge in [0.1, 0.15) is 6.04 Å². The third kappa shape index (κ3) is 4.48. The van der Waals surface area contributed by atoms with E-state index in [2.05, 4.69) is 22.2 Å². The number of nitrogens with one attached hydrogen (secondary N) is 1. The topological polar surface area (TPSA) is 55.9 Å². The first-order chi connectivity index (χ1) is 13.1. The zero-order valence-corrected chi connectivity index (χ0v) is 17.5. The van der Waals surface area contributed by atoms with E-state index in [1.165, 1.54) is 32.1 Å². The van der Waals surface area contributed by atoms with E-state index in [1.807, 2.05) is 18.7 Å². The lowest BCUT2D eigenvalue weighted by molar-refractivity contribution is -0.131. The van der Waals surface area contributed by atoms with Crippen molar-refractivity contribution in [1.29, 1.82) is 0 Å². The summed E-state index contributed by atoms with van der Waals surface area (Å²) in [5.74, 6) is 0.434. The van der Waals surface area contributed by atoms with Crippen molar-refractivity contribution in [2.45, 2.75) is 89.4 Å². The van der Waals surface area contributed by atoms with E-state index in [0.717, 1.165) is 32.5 Å². The lowest BCUT2D eigenvalue weighted by Gasteiger charge is -2.37. The van der Waals surface area contributed by atoms with Crippen molar-refractivity contribution >= 4 is 11.8 Å². The third-order valence-corrected chi connectivity index (χ3v) is 7.14. The minimum absolute atomic E-state index is 0.0124. The molecule has 0 radical (unpaired) electrons. The Morgan fingerprint density at radius 3 is 2.52 bits per heavy atom. The second-order valence-corrected chi connectivity index (χ2v) is 8.50. The molecular weight excluding hydrogens is 340 g/mol. The van der Waals surface area contributed by atoms with E-state index in [1.54, 1.807) is 0 Å². The van der Waals surface area contributed by atoms with E-state index in [-0.39, 0.29) is 29.9 Å². The Morgan fingerprint density at radius 2 is 1.85 bits per heavy atom. The zero-order valence-electron chi connectivity index (χ0n) is 17.5. The number of fused-ring (bicyclic) bond motifs is 1. The summed E-state index contributed by atoms with van der Waals surface area (Å²) in [6, 6.07) is 1.09. The molecule has 3 atom stereocenters. The molecule has 0 spiro atoms. The maximum Gasteiger partial charge on any atom is 0.239 e. The van der Waals surface area contributed by atoms with Crippen molar-refractivity contribution in [2.75, 3.05) is 33.2 Å². The average Bonchev–Trinajstić information content (AvgIpc) is 3.09. The molecule has 3 unspecified atom stereocenters. The van der Waals surface area contributed by atoms with Gasteiger partial charge in [0.25, 0.3) is 0 Å². The molecule has 0 bridgehead atoms. The zero-order chi connectivity index (χ0) is 19.4. The summed E-state index contributed by atoms with van der Waals surface area (Å²) in [5, 5.41) is 3.20. The van der Waals surface area contributed by atoms with Crippen LogP contribution in [0.25, 0.3) is 0 Å². The predicted octanol–water partition coefficient (Wildman–Crippen LogP) is 1.84. The number of hydrogen-bond donors (Lipinski definition) is 1. The monoisotopic (exact) mass is 378 g/mol. The first kappa shape index (κ1) is 20.6. The Balaban J connectivity index is 1.63. The van der Waals surface area contributed by atoms with Gasteiger partial charge in [0.15, 0.2) is 0 Å². The van der Waals surface area contributed by atoms with Crippen LogP contribution in [-0.4, -0.2) is 83.9 Å². The van der Waals surface area contributed by atoms with Gasteiger partial charge >= 0.3 is 0 Å². The maximum atomic E-state index is 12.9. The third-order valence-electron chi connectivity index (χ3n) is 7.14. The van der Waals surface area contributed by atoms with Gasteiger partial charge in [0.05, 0.1) is 0 Å². The van der Waals surface area contributed by atoms with E-state index < -0.39 is 0 Å². The van der Waals surface area contributed by atoms with Gasteiger partial charge in [-0.3, -0.25) is 19.4 Å². The Morgan fingerprint density at radius 1 is 1.15 bits per heavy atom. The van der Waals surface area contributed by atoms with Crippen LogP contribution in [0, 0.1) is 0 Å². The summed E-state index contributed by atoms with van der Waals surface area (Å²) < 4.78 is 0. The normalized spacial score (nSPS) is 30.6. The molecule has 6 heteroatoms. The van der Waals surface area contributed by atoms with Gasteiger partial charge in [-0.2, -0.15) is 0 Å². The Labute approximate surface area is 164 Å². The highest BCUT2D eigenvalue weighted by molar-refractivity contribution is 5.83. The molecule has 0 aromatic carbocycles. The molecule has 3 rings (SSSR count). The van der Waals surface area contributed by atoms with Crippen molar-refractivity contribution in [3.63, 3.8) is 0 Å². The van der Waals surface area contributed by atoms with Crippen molar-refractivity contribution in [3.8, 4) is 0 Å². The first-order valence-corrected chi connectivity index (χ1v) is 11.1. The largest absolute Gasteiger partial charge is 0.353 e. The SMILES string of the molecule is CCN(CC)C(=O)CCC1CNC(=O)C2C(CCN2C2CCCCC2)N1C. The molecule has 2 aliphatic heterocycles. The number of likely N-dealkylation sites (N-methyl/N-ethyl adjacent to an activating group) is 1. The van der Waals surface area contributed by atoms with Gasteiger partial charge < -0.3 is 10.2 Å². The fourth-order valence-electron chi connectivity index (χ4n) is 5.44. The molecule has 27 heavy (non-hydrogen) atoms. The minimum Gasteiger partial charge on any atom is -0.353 e. The molecule has 3 aliphatic rings. The molecule has 1 saturated carbocycles. The van der Waals surface area contributed by atoms with E-state index in [4.69, 9.17) is 0 Å². The highest BCUT2D eigenvalue weighted by atomic mass is 16.2. The number of rotatable bonds is 6. The van der Waals surface area contributed by atoms with Gasteiger partial charge in [0.2, 0.25) is 11.8 Å². The molecule has 3 fully saturated rings. The smallest absolute Gasteiger partial charge is 0.239 e. The van der Waals surface area contributed by atoms with Crippen LogP contribution in [0.5, 0.6) is 0 Å². The lowest BCUT2D eigenvalue weighted by atomic mass is 9.93. The molecule has 2 heterocycles. The van der Waals surface area contributed by atoms with Crippen LogP contribution in [-0.2, 0) is 9.59 Å². The van der Waals surface area contributed by atoms with Crippen molar-refractivity contribution in [3.05, 3.63) is 0 Å². The second-order valence-electron chi connectivity index (χ2n) is 8.50. The number of likely N-dealkylation sites (tertiary alicyclic amines) is 1. The molecule has 0 aromatic heterocycles. The molecule has 154 valence electrons. The molecule has 6 nitrogen and oxygen atoms in total. The van der Waals surface area contributed by atoms with Crippen LogP contribution in [0.1, 0.15) is 65.2 Å². The number of carbonyl (C=O) groups is 2. The highest BCUT2D eigenvalue weighted by Crippen LogP contribution is 2.33. The molecule has 2 amide bonds. The number of nitrogens with zero attached hydrogens (tertiary/aromatic N) is 3. The number of carbonyl (C=O) groups excluding carboxylic acids is 2. The van der Waals surface area contributed by atoms with Gasteiger partial charge in [0, 0.05) is 50.7 Å². The molecule has 2 saturated heterocycles. The van der Waals surface area contributed by atoms with E-state index in [0.29, 0.717) is 19.0 Å². The number of hydrogen-bond acceptors (Lipinski definition) is 4.